The fraction of sp³-hybridized carbons (Fsp3) is 0.391. The van der Waals surface area contributed by atoms with Gasteiger partial charge in [-0.3, -0.25) is 9.59 Å². The first-order valence-corrected chi connectivity index (χ1v) is 9.52. The number of rotatable bonds is 5. The minimum atomic E-state index is -0.466. The summed E-state index contributed by atoms with van der Waals surface area (Å²) in [4.78, 5) is 25.7. The van der Waals surface area contributed by atoms with Gasteiger partial charge in [0, 0.05) is 11.5 Å². The van der Waals surface area contributed by atoms with Crippen molar-refractivity contribution in [3.63, 3.8) is 0 Å². The number of ketones is 2. The van der Waals surface area contributed by atoms with Gasteiger partial charge in [-0.2, -0.15) is 0 Å². The van der Waals surface area contributed by atoms with E-state index in [1.165, 1.54) is 0 Å². The van der Waals surface area contributed by atoms with E-state index in [4.69, 9.17) is 4.74 Å². The molecule has 2 fully saturated rings. The molecule has 0 bridgehead atoms. The molecule has 2 saturated carbocycles. The Morgan fingerprint density at radius 2 is 1.58 bits per heavy atom. The van der Waals surface area contributed by atoms with E-state index < -0.39 is 5.92 Å². The van der Waals surface area contributed by atoms with Gasteiger partial charge in [-0.15, -0.1) is 0 Å². The summed E-state index contributed by atoms with van der Waals surface area (Å²) in [6.07, 6.45) is 3.46. The van der Waals surface area contributed by atoms with Crippen molar-refractivity contribution in [3.05, 3.63) is 71.8 Å². The lowest BCUT2D eigenvalue weighted by Crippen LogP contribution is -2.39. The van der Waals surface area contributed by atoms with E-state index in [0.717, 1.165) is 24.8 Å². The SMILES string of the molecule is O=C(c1ccccc1)C1CCC2C(OCc3ccccc3)CCC2C1=O. The van der Waals surface area contributed by atoms with E-state index in [-0.39, 0.29) is 29.5 Å². The highest BCUT2D eigenvalue weighted by Crippen LogP contribution is 2.44. The molecule has 2 aliphatic rings. The molecular weight excluding hydrogens is 324 g/mol. The quantitative estimate of drug-likeness (QED) is 0.592. The summed E-state index contributed by atoms with van der Waals surface area (Å²) >= 11 is 0. The average Bonchev–Trinajstić information content (AvgIpc) is 3.12. The van der Waals surface area contributed by atoms with Crippen molar-refractivity contribution >= 4 is 11.6 Å². The Hall–Kier alpha value is -2.26. The average molecular weight is 348 g/mol. The number of ether oxygens (including phenoxy) is 1. The molecule has 3 heteroatoms. The summed E-state index contributed by atoms with van der Waals surface area (Å²) in [6.45, 7) is 0.593. The lowest BCUT2D eigenvalue weighted by molar-refractivity contribution is -0.130. The predicted molar refractivity (Wildman–Crippen MR) is 99.7 cm³/mol. The van der Waals surface area contributed by atoms with Crippen molar-refractivity contribution in [3.8, 4) is 0 Å². The first-order chi connectivity index (χ1) is 12.7. The fourth-order valence-corrected chi connectivity index (χ4v) is 4.58. The topological polar surface area (TPSA) is 43.4 Å². The second-order valence-corrected chi connectivity index (χ2v) is 7.45. The van der Waals surface area contributed by atoms with Gasteiger partial charge in [-0.25, -0.2) is 0 Å². The molecule has 0 amide bonds. The van der Waals surface area contributed by atoms with E-state index in [1.807, 2.05) is 48.5 Å². The Balaban J connectivity index is 1.40. The van der Waals surface area contributed by atoms with Crippen LogP contribution < -0.4 is 0 Å². The van der Waals surface area contributed by atoms with Crippen LogP contribution in [0.2, 0.25) is 0 Å². The number of Topliss-reactive ketones (excluding diaryl/α,β-unsaturated/α-hetero) is 2. The molecule has 4 rings (SSSR count). The van der Waals surface area contributed by atoms with Crippen LogP contribution in [0.1, 0.15) is 41.6 Å². The highest BCUT2D eigenvalue weighted by molar-refractivity contribution is 6.11. The van der Waals surface area contributed by atoms with Gasteiger partial charge in [0.05, 0.1) is 18.6 Å². The Morgan fingerprint density at radius 1 is 0.885 bits per heavy atom. The lowest BCUT2D eigenvalue weighted by atomic mass is 9.72. The zero-order chi connectivity index (χ0) is 17.9. The number of hydrogen-bond donors (Lipinski definition) is 0. The third kappa shape index (κ3) is 3.36. The lowest BCUT2D eigenvalue weighted by Gasteiger charge is -2.32. The molecule has 134 valence electrons. The number of carbonyl (C=O) groups is 2. The van der Waals surface area contributed by atoms with E-state index in [2.05, 4.69) is 12.1 Å². The van der Waals surface area contributed by atoms with Crippen LogP contribution in [0.15, 0.2) is 60.7 Å². The summed E-state index contributed by atoms with van der Waals surface area (Å²) < 4.78 is 6.15. The molecule has 0 N–H and O–H groups in total. The molecule has 3 nitrogen and oxygen atoms in total. The van der Waals surface area contributed by atoms with E-state index in [9.17, 15) is 9.59 Å². The van der Waals surface area contributed by atoms with Gasteiger partial charge in [0.1, 0.15) is 5.78 Å². The zero-order valence-electron chi connectivity index (χ0n) is 14.8. The highest BCUT2D eigenvalue weighted by Gasteiger charge is 2.47. The van der Waals surface area contributed by atoms with Crippen molar-refractivity contribution in [2.45, 2.75) is 38.4 Å². The van der Waals surface area contributed by atoms with Crippen LogP contribution in [0.25, 0.3) is 0 Å². The zero-order valence-corrected chi connectivity index (χ0v) is 14.8. The number of hydrogen-bond acceptors (Lipinski definition) is 3. The molecule has 2 aromatic rings. The van der Waals surface area contributed by atoms with E-state index in [1.54, 1.807) is 0 Å². The van der Waals surface area contributed by atoms with E-state index >= 15 is 0 Å². The van der Waals surface area contributed by atoms with Crippen LogP contribution in [0.3, 0.4) is 0 Å². The standard InChI is InChI=1S/C23H24O3/c24-22(17-9-5-2-6-10-17)20-12-11-18-19(23(20)25)13-14-21(18)26-15-16-7-3-1-4-8-16/h1-10,18-21H,11-15H2. The maximum Gasteiger partial charge on any atom is 0.173 e. The smallest absolute Gasteiger partial charge is 0.173 e. The molecule has 4 unspecified atom stereocenters. The Bertz CT molecular complexity index is 769. The molecule has 0 aromatic heterocycles. The molecular formula is C23H24O3. The summed E-state index contributed by atoms with van der Waals surface area (Å²) in [5.41, 5.74) is 1.81. The molecule has 26 heavy (non-hydrogen) atoms. The van der Waals surface area contributed by atoms with Crippen LogP contribution in [0.5, 0.6) is 0 Å². The minimum absolute atomic E-state index is 0.0114. The molecule has 0 aliphatic heterocycles. The monoisotopic (exact) mass is 348 g/mol. The van der Waals surface area contributed by atoms with Gasteiger partial charge in [0.2, 0.25) is 0 Å². The largest absolute Gasteiger partial charge is 0.373 e. The van der Waals surface area contributed by atoms with Crippen LogP contribution in [0, 0.1) is 17.8 Å². The maximum atomic E-state index is 13.0. The number of benzene rings is 2. The number of carbonyl (C=O) groups excluding carboxylic acids is 2. The molecule has 2 aromatic carbocycles. The van der Waals surface area contributed by atoms with Gasteiger partial charge < -0.3 is 4.74 Å². The first-order valence-electron chi connectivity index (χ1n) is 9.52. The van der Waals surface area contributed by atoms with Gasteiger partial charge in [-0.1, -0.05) is 60.7 Å². The third-order valence-electron chi connectivity index (χ3n) is 5.94. The second-order valence-electron chi connectivity index (χ2n) is 7.45. The molecule has 0 saturated heterocycles. The minimum Gasteiger partial charge on any atom is -0.373 e. The highest BCUT2D eigenvalue weighted by atomic mass is 16.5. The van der Waals surface area contributed by atoms with Crippen LogP contribution in [-0.2, 0) is 16.1 Å². The molecule has 4 atom stereocenters. The Morgan fingerprint density at radius 3 is 2.31 bits per heavy atom. The van der Waals surface area contributed by atoms with Crippen LogP contribution in [0.4, 0.5) is 0 Å². The van der Waals surface area contributed by atoms with Crippen molar-refractivity contribution in [1.82, 2.24) is 0 Å². The molecule has 0 spiro atoms. The van der Waals surface area contributed by atoms with E-state index in [0.29, 0.717) is 18.6 Å². The molecule has 2 aliphatic carbocycles. The molecule has 0 radical (unpaired) electrons. The van der Waals surface area contributed by atoms with Crippen molar-refractivity contribution < 1.29 is 14.3 Å². The van der Waals surface area contributed by atoms with Crippen molar-refractivity contribution in [1.29, 1.82) is 0 Å². The normalized spacial score (nSPS) is 27.9. The van der Waals surface area contributed by atoms with Crippen molar-refractivity contribution in [2.75, 3.05) is 0 Å². The van der Waals surface area contributed by atoms with Crippen LogP contribution in [-0.4, -0.2) is 17.7 Å². The fourth-order valence-electron chi connectivity index (χ4n) is 4.58. The van der Waals surface area contributed by atoms with Gasteiger partial charge >= 0.3 is 0 Å². The summed E-state index contributed by atoms with van der Waals surface area (Å²) in [7, 11) is 0. The predicted octanol–water partition coefficient (Wildman–Crippen LogP) is 4.46. The molecule has 0 heterocycles. The first kappa shape index (κ1) is 17.2. The summed E-state index contributed by atoms with van der Waals surface area (Å²) in [5.74, 6) is -0.0802. The second kappa shape index (κ2) is 7.55. The van der Waals surface area contributed by atoms with Crippen LogP contribution >= 0.6 is 0 Å². The Kier molecular flexibility index (Phi) is 4.98. The van der Waals surface area contributed by atoms with Gasteiger partial charge in [-0.05, 0) is 37.2 Å². The third-order valence-corrected chi connectivity index (χ3v) is 5.94. The summed E-state index contributed by atoms with van der Waals surface area (Å²) in [6, 6.07) is 19.4. The Labute approximate surface area is 154 Å². The maximum absolute atomic E-state index is 13.0. The summed E-state index contributed by atoms with van der Waals surface area (Å²) in [5, 5.41) is 0. The van der Waals surface area contributed by atoms with Crippen molar-refractivity contribution in [2.24, 2.45) is 17.8 Å². The van der Waals surface area contributed by atoms with Gasteiger partial charge in [0.25, 0.3) is 0 Å². The van der Waals surface area contributed by atoms with Gasteiger partial charge in [0.15, 0.2) is 5.78 Å². The number of fused-ring (bicyclic) bond motifs is 1.